The molecule has 25 heavy (non-hydrogen) atoms. The number of nitrogens with zero attached hydrogens (tertiary/aromatic N) is 3. The summed E-state index contributed by atoms with van der Waals surface area (Å²) in [6, 6.07) is 5.53. The summed E-state index contributed by atoms with van der Waals surface area (Å²) in [6.45, 7) is 2.08. The molecule has 0 radical (unpaired) electrons. The smallest absolute Gasteiger partial charge is 0.273 e. The minimum atomic E-state index is -0.352. The van der Waals surface area contributed by atoms with Crippen molar-refractivity contribution in [2.24, 2.45) is 10.3 Å². The van der Waals surface area contributed by atoms with E-state index < -0.39 is 0 Å². The highest BCUT2D eigenvalue weighted by Crippen LogP contribution is 2.18. The summed E-state index contributed by atoms with van der Waals surface area (Å²) in [6.07, 6.45) is 3.03. The topological polar surface area (TPSA) is 85.2 Å². The summed E-state index contributed by atoms with van der Waals surface area (Å²) in [5, 5.41) is 10.9. The fourth-order valence-corrected chi connectivity index (χ4v) is 2.84. The van der Waals surface area contributed by atoms with Crippen LogP contribution in [0.2, 0.25) is 4.34 Å². The van der Waals surface area contributed by atoms with Crippen LogP contribution in [0.1, 0.15) is 21.7 Å². The van der Waals surface area contributed by atoms with Gasteiger partial charge in [0, 0.05) is 18.2 Å². The van der Waals surface area contributed by atoms with Gasteiger partial charge in [0.1, 0.15) is 29.3 Å². The molecule has 0 saturated heterocycles. The van der Waals surface area contributed by atoms with E-state index in [1.807, 2.05) is 19.1 Å². The van der Waals surface area contributed by atoms with E-state index in [4.69, 9.17) is 21.3 Å². The lowest BCUT2D eigenvalue weighted by Crippen LogP contribution is -2.29. The van der Waals surface area contributed by atoms with Crippen molar-refractivity contribution in [1.29, 1.82) is 0 Å². The molecule has 0 unspecified atom stereocenters. The summed E-state index contributed by atoms with van der Waals surface area (Å²) < 4.78 is 0.577. The van der Waals surface area contributed by atoms with Crippen molar-refractivity contribution in [1.82, 2.24) is 10.3 Å². The lowest BCUT2D eigenvalue weighted by Gasteiger charge is -2.12. The van der Waals surface area contributed by atoms with Gasteiger partial charge in [-0.25, -0.2) is 4.98 Å². The van der Waals surface area contributed by atoms with Crippen molar-refractivity contribution in [2.75, 3.05) is 14.2 Å². The molecule has 9 heteroatoms. The fourth-order valence-electron chi connectivity index (χ4n) is 2.05. The Hall–Kier alpha value is -2.45. The minimum absolute atomic E-state index is 0.164. The highest BCUT2D eigenvalue weighted by Gasteiger charge is 2.19. The van der Waals surface area contributed by atoms with Gasteiger partial charge in [-0.15, -0.1) is 11.3 Å². The Bertz CT molecular complexity index is 804. The standard InChI is InChI=1S/C16H17ClN4O3S/c1-10-5-4-6-11(15(21-23-3)16(22)18-2)12(10)9-24-20-8-14-19-7-13(17)25-14/h4-8H,9H2,1-3H3,(H,18,22)/b20-8+,21-15+. The van der Waals surface area contributed by atoms with Crippen molar-refractivity contribution >= 4 is 40.8 Å². The molecule has 0 aliphatic rings. The van der Waals surface area contributed by atoms with Crippen LogP contribution in [0.15, 0.2) is 34.7 Å². The number of aryl methyl sites for hydroxylation is 1. The van der Waals surface area contributed by atoms with Crippen LogP contribution in [0.3, 0.4) is 0 Å². The molecular formula is C16H17ClN4O3S. The van der Waals surface area contributed by atoms with Crippen LogP contribution in [0.25, 0.3) is 0 Å². The fraction of sp³-hybridized carbons (Fsp3) is 0.250. The van der Waals surface area contributed by atoms with E-state index in [0.29, 0.717) is 14.9 Å². The number of oxime groups is 2. The number of rotatable bonds is 7. The quantitative estimate of drug-likeness (QED) is 0.591. The van der Waals surface area contributed by atoms with E-state index in [2.05, 4.69) is 20.6 Å². The number of halogens is 1. The maximum Gasteiger partial charge on any atom is 0.273 e. The normalized spacial score (nSPS) is 11.6. The van der Waals surface area contributed by atoms with Gasteiger partial charge < -0.3 is 15.0 Å². The van der Waals surface area contributed by atoms with Gasteiger partial charge in [0.2, 0.25) is 0 Å². The van der Waals surface area contributed by atoms with Gasteiger partial charge in [0.25, 0.3) is 5.91 Å². The number of hydrogen-bond donors (Lipinski definition) is 1. The Morgan fingerprint density at radius 1 is 1.48 bits per heavy atom. The van der Waals surface area contributed by atoms with Crippen molar-refractivity contribution in [3.05, 3.63) is 50.4 Å². The number of carbonyl (C=O) groups excluding carboxylic acids is 1. The van der Waals surface area contributed by atoms with Crippen LogP contribution in [0.5, 0.6) is 0 Å². The number of amides is 1. The molecular weight excluding hydrogens is 364 g/mol. The average molecular weight is 381 g/mol. The second kappa shape index (κ2) is 9.14. The van der Waals surface area contributed by atoms with Gasteiger partial charge in [-0.05, 0) is 12.5 Å². The van der Waals surface area contributed by atoms with Gasteiger partial charge in [-0.3, -0.25) is 4.79 Å². The van der Waals surface area contributed by atoms with E-state index in [1.54, 1.807) is 12.3 Å². The Balaban J connectivity index is 2.21. The van der Waals surface area contributed by atoms with Gasteiger partial charge in [0.15, 0.2) is 5.71 Å². The van der Waals surface area contributed by atoms with Gasteiger partial charge in [-0.1, -0.05) is 40.1 Å². The lowest BCUT2D eigenvalue weighted by atomic mass is 9.98. The first-order valence-electron chi connectivity index (χ1n) is 7.25. The number of nitrogens with one attached hydrogen (secondary N) is 1. The molecule has 0 saturated carbocycles. The lowest BCUT2D eigenvalue weighted by molar-refractivity contribution is -0.114. The summed E-state index contributed by atoms with van der Waals surface area (Å²) >= 11 is 7.10. The molecule has 1 heterocycles. The first-order chi connectivity index (χ1) is 12.1. The molecule has 1 amide bonds. The summed E-state index contributed by atoms with van der Waals surface area (Å²) in [4.78, 5) is 26.3. The van der Waals surface area contributed by atoms with E-state index in [1.165, 1.54) is 31.7 Å². The first kappa shape index (κ1) is 18.9. The molecule has 0 aliphatic carbocycles. The number of carbonyl (C=O) groups is 1. The molecule has 1 aromatic carbocycles. The van der Waals surface area contributed by atoms with E-state index in [-0.39, 0.29) is 18.2 Å². The minimum Gasteiger partial charge on any atom is -0.398 e. The van der Waals surface area contributed by atoms with E-state index in [9.17, 15) is 4.79 Å². The first-order valence-corrected chi connectivity index (χ1v) is 8.45. The van der Waals surface area contributed by atoms with Crippen LogP contribution < -0.4 is 5.32 Å². The van der Waals surface area contributed by atoms with E-state index in [0.717, 1.165) is 11.1 Å². The zero-order valence-electron chi connectivity index (χ0n) is 13.9. The average Bonchev–Trinajstić information content (AvgIpc) is 3.02. The van der Waals surface area contributed by atoms with Crippen LogP contribution >= 0.6 is 22.9 Å². The van der Waals surface area contributed by atoms with Crippen molar-refractivity contribution in [3.63, 3.8) is 0 Å². The summed E-state index contributed by atoms with van der Waals surface area (Å²) in [5.41, 5.74) is 2.52. The third-order valence-corrected chi connectivity index (χ3v) is 4.28. The van der Waals surface area contributed by atoms with E-state index >= 15 is 0 Å². The maximum absolute atomic E-state index is 12.1. The molecule has 0 atom stereocenters. The molecule has 2 rings (SSSR count). The van der Waals surface area contributed by atoms with Gasteiger partial charge in [0.05, 0.1) is 6.20 Å². The monoisotopic (exact) mass is 380 g/mol. The second-order valence-electron chi connectivity index (χ2n) is 4.81. The van der Waals surface area contributed by atoms with Crippen molar-refractivity contribution in [2.45, 2.75) is 13.5 Å². The Kier molecular flexibility index (Phi) is 6.91. The zero-order chi connectivity index (χ0) is 18.2. The zero-order valence-corrected chi connectivity index (χ0v) is 15.5. The molecule has 0 fully saturated rings. The number of likely N-dealkylation sites (N-methyl/N-ethyl adjacent to an activating group) is 1. The summed E-state index contributed by atoms with van der Waals surface area (Å²) in [5.74, 6) is -0.352. The maximum atomic E-state index is 12.1. The molecule has 2 aromatic rings. The van der Waals surface area contributed by atoms with Crippen LogP contribution in [-0.2, 0) is 21.1 Å². The molecule has 7 nitrogen and oxygen atoms in total. The molecule has 132 valence electrons. The second-order valence-corrected chi connectivity index (χ2v) is 6.51. The predicted octanol–water partition coefficient (Wildman–Crippen LogP) is 2.75. The van der Waals surface area contributed by atoms with Gasteiger partial charge in [-0.2, -0.15) is 0 Å². The number of thiazole rings is 1. The highest BCUT2D eigenvalue weighted by atomic mass is 35.5. The number of aromatic nitrogens is 1. The third-order valence-electron chi connectivity index (χ3n) is 3.23. The summed E-state index contributed by atoms with van der Waals surface area (Å²) in [7, 11) is 2.92. The largest absolute Gasteiger partial charge is 0.398 e. The Labute approximate surface area is 154 Å². The van der Waals surface area contributed by atoms with Gasteiger partial charge >= 0.3 is 0 Å². The number of hydrogen-bond acceptors (Lipinski definition) is 7. The van der Waals surface area contributed by atoms with Crippen molar-refractivity contribution < 1.29 is 14.5 Å². The van der Waals surface area contributed by atoms with Crippen LogP contribution in [0.4, 0.5) is 0 Å². The highest BCUT2D eigenvalue weighted by molar-refractivity contribution is 7.17. The third kappa shape index (κ3) is 5.01. The molecule has 0 aliphatic heterocycles. The SMILES string of the molecule is CNC(=O)/C(=N/OC)c1cccc(C)c1CO/N=C/c1ncc(Cl)s1. The Morgan fingerprint density at radius 2 is 2.28 bits per heavy atom. The number of benzene rings is 1. The molecule has 0 bridgehead atoms. The predicted molar refractivity (Wildman–Crippen MR) is 98.3 cm³/mol. The molecule has 1 N–H and O–H groups in total. The van der Waals surface area contributed by atoms with Crippen LogP contribution in [-0.4, -0.2) is 37.0 Å². The van der Waals surface area contributed by atoms with Crippen molar-refractivity contribution in [3.8, 4) is 0 Å². The molecule has 1 aromatic heterocycles. The Morgan fingerprint density at radius 3 is 2.92 bits per heavy atom. The van der Waals surface area contributed by atoms with Crippen LogP contribution in [0, 0.1) is 6.92 Å². The molecule has 0 spiro atoms.